The highest BCUT2D eigenvalue weighted by molar-refractivity contribution is 5.97. The van der Waals surface area contributed by atoms with Crippen LogP contribution in [0.2, 0.25) is 0 Å². The Labute approximate surface area is 161 Å². The number of rotatable bonds is 6. The van der Waals surface area contributed by atoms with E-state index in [0.717, 1.165) is 37.1 Å². The van der Waals surface area contributed by atoms with Gasteiger partial charge in [0, 0.05) is 11.5 Å². The number of hydrogen-bond acceptors (Lipinski definition) is 3. The Hall–Kier alpha value is -2.46. The average molecular weight is 364 g/mol. The number of nitrogens with one attached hydrogen (secondary N) is 1. The highest BCUT2D eigenvalue weighted by Crippen LogP contribution is 2.23. The predicted molar refractivity (Wildman–Crippen MR) is 108 cm³/mol. The van der Waals surface area contributed by atoms with Gasteiger partial charge in [0.1, 0.15) is 0 Å². The summed E-state index contributed by atoms with van der Waals surface area (Å²) in [4.78, 5) is 27.4. The molecule has 0 spiro atoms. The summed E-state index contributed by atoms with van der Waals surface area (Å²) in [6.07, 6.45) is 1.61. The van der Waals surface area contributed by atoms with E-state index in [0.29, 0.717) is 0 Å². The summed E-state index contributed by atoms with van der Waals surface area (Å²) >= 11 is 0. The molecule has 2 atom stereocenters. The third kappa shape index (κ3) is 4.83. The predicted octanol–water partition coefficient (Wildman–Crippen LogP) is 3.85. The number of carbonyl (C=O) groups is 2. The molecule has 4 heteroatoms. The van der Waals surface area contributed by atoms with Crippen LogP contribution < -0.4 is 5.32 Å². The lowest BCUT2D eigenvalue weighted by atomic mass is 9.88. The quantitative estimate of drug-likeness (QED) is 0.792. The SMILES string of the molecule is CC(NC(=O)C(C)N1CCC(C(=O)c2ccccc2)CC1)c1ccccc1. The Balaban J connectivity index is 1.51. The third-order valence-corrected chi connectivity index (χ3v) is 5.54. The number of benzene rings is 2. The maximum Gasteiger partial charge on any atom is 0.237 e. The standard InChI is InChI=1S/C23H28N2O2/c1-17(19-9-5-3-6-10-19)24-23(27)18(2)25-15-13-21(14-16-25)22(26)20-11-7-4-8-12-20/h3-12,17-18,21H,13-16H2,1-2H3,(H,24,27). The number of Topliss-reactive ketones (excluding diaryl/α,β-unsaturated/α-hetero) is 1. The van der Waals surface area contributed by atoms with Crippen LogP contribution in [0.25, 0.3) is 0 Å². The average Bonchev–Trinajstić information content (AvgIpc) is 2.74. The van der Waals surface area contributed by atoms with Crippen LogP contribution in [0.15, 0.2) is 60.7 Å². The largest absolute Gasteiger partial charge is 0.348 e. The summed E-state index contributed by atoms with van der Waals surface area (Å²) < 4.78 is 0. The number of likely N-dealkylation sites (tertiary alicyclic amines) is 1. The van der Waals surface area contributed by atoms with Gasteiger partial charge < -0.3 is 5.32 Å². The Kier molecular flexibility index (Phi) is 6.40. The lowest BCUT2D eigenvalue weighted by Gasteiger charge is -2.35. The molecule has 3 rings (SSSR count). The first-order valence-electron chi connectivity index (χ1n) is 9.75. The Morgan fingerprint density at radius 1 is 0.926 bits per heavy atom. The van der Waals surface area contributed by atoms with Gasteiger partial charge in [0.2, 0.25) is 5.91 Å². The van der Waals surface area contributed by atoms with Gasteiger partial charge in [-0.3, -0.25) is 14.5 Å². The molecule has 1 heterocycles. The van der Waals surface area contributed by atoms with E-state index in [9.17, 15) is 9.59 Å². The molecule has 27 heavy (non-hydrogen) atoms. The van der Waals surface area contributed by atoms with Crippen LogP contribution in [0.3, 0.4) is 0 Å². The molecule has 1 saturated heterocycles. The summed E-state index contributed by atoms with van der Waals surface area (Å²) in [5.74, 6) is 0.325. The molecule has 4 nitrogen and oxygen atoms in total. The second kappa shape index (κ2) is 8.96. The van der Waals surface area contributed by atoms with E-state index < -0.39 is 0 Å². The first kappa shape index (κ1) is 19.3. The lowest BCUT2D eigenvalue weighted by molar-refractivity contribution is -0.127. The van der Waals surface area contributed by atoms with Crippen molar-refractivity contribution in [3.63, 3.8) is 0 Å². The van der Waals surface area contributed by atoms with Gasteiger partial charge >= 0.3 is 0 Å². The highest BCUT2D eigenvalue weighted by Gasteiger charge is 2.30. The van der Waals surface area contributed by atoms with E-state index in [2.05, 4.69) is 10.2 Å². The molecule has 142 valence electrons. The fourth-order valence-corrected chi connectivity index (χ4v) is 3.71. The second-order valence-corrected chi connectivity index (χ2v) is 7.36. The van der Waals surface area contributed by atoms with Crippen molar-refractivity contribution in [2.24, 2.45) is 5.92 Å². The normalized spacial score (nSPS) is 17.9. The molecule has 1 N–H and O–H groups in total. The summed E-state index contributed by atoms with van der Waals surface area (Å²) in [6.45, 7) is 5.51. The molecule has 1 amide bonds. The summed E-state index contributed by atoms with van der Waals surface area (Å²) in [5.41, 5.74) is 1.89. The van der Waals surface area contributed by atoms with Gasteiger partial charge in [0.15, 0.2) is 5.78 Å². The van der Waals surface area contributed by atoms with E-state index in [1.165, 1.54) is 0 Å². The zero-order chi connectivity index (χ0) is 19.2. The molecular weight excluding hydrogens is 336 g/mol. The topological polar surface area (TPSA) is 49.4 Å². The summed E-state index contributed by atoms with van der Waals surface area (Å²) in [6, 6.07) is 19.3. The summed E-state index contributed by atoms with van der Waals surface area (Å²) in [7, 11) is 0. The maximum atomic E-state index is 12.6. The first-order valence-corrected chi connectivity index (χ1v) is 9.75. The van der Waals surface area contributed by atoms with Crippen molar-refractivity contribution in [1.29, 1.82) is 0 Å². The molecular formula is C23H28N2O2. The second-order valence-electron chi connectivity index (χ2n) is 7.36. The maximum absolute atomic E-state index is 12.6. The van der Waals surface area contributed by atoms with Gasteiger partial charge in [0.25, 0.3) is 0 Å². The molecule has 0 radical (unpaired) electrons. The molecule has 0 aliphatic carbocycles. The van der Waals surface area contributed by atoms with Gasteiger partial charge in [-0.1, -0.05) is 60.7 Å². The number of ketones is 1. The van der Waals surface area contributed by atoms with Crippen LogP contribution >= 0.6 is 0 Å². The van der Waals surface area contributed by atoms with Crippen molar-refractivity contribution in [1.82, 2.24) is 10.2 Å². The van der Waals surface area contributed by atoms with Crippen molar-refractivity contribution >= 4 is 11.7 Å². The van der Waals surface area contributed by atoms with E-state index in [1.54, 1.807) is 0 Å². The zero-order valence-corrected chi connectivity index (χ0v) is 16.1. The van der Waals surface area contributed by atoms with Gasteiger partial charge in [-0.2, -0.15) is 0 Å². The Morgan fingerprint density at radius 3 is 2.07 bits per heavy atom. The Bertz CT molecular complexity index is 752. The molecule has 1 aliphatic heterocycles. The minimum absolute atomic E-state index is 0.0154. The van der Waals surface area contributed by atoms with Crippen LogP contribution in [0.4, 0.5) is 0 Å². The van der Waals surface area contributed by atoms with E-state index in [4.69, 9.17) is 0 Å². The Morgan fingerprint density at radius 2 is 1.48 bits per heavy atom. The highest BCUT2D eigenvalue weighted by atomic mass is 16.2. The number of piperidine rings is 1. The van der Waals surface area contributed by atoms with Crippen LogP contribution in [0, 0.1) is 5.92 Å². The zero-order valence-electron chi connectivity index (χ0n) is 16.1. The third-order valence-electron chi connectivity index (χ3n) is 5.54. The van der Waals surface area contributed by atoms with E-state index in [-0.39, 0.29) is 29.7 Å². The van der Waals surface area contributed by atoms with Gasteiger partial charge in [-0.05, 0) is 45.3 Å². The fraction of sp³-hybridized carbons (Fsp3) is 0.391. The van der Waals surface area contributed by atoms with Gasteiger partial charge in [-0.15, -0.1) is 0 Å². The number of nitrogens with zero attached hydrogens (tertiary/aromatic N) is 1. The molecule has 1 aliphatic rings. The van der Waals surface area contributed by atoms with E-state index >= 15 is 0 Å². The lowest BCUT2D eigenvalue weighted by Crippen LogP contribution is -2.49. The molecule has 0 bridgehead atoms. The molecule has 2 aromatic rings. The molecule has 0 aromatic heterocycles. The number of amides is 1. The molecule has 1 fully saturated rings. The fourth-order valence-electron chi connectivity index (χ4n) is 3.71. The van der Waals surface area contributed by atoms with Gasteiger partial charge in [-0.25, -0.2) is 0 Å². The van der Waals surface area contributed by atoms with E-state index in [1.807, 2.05) is 74.5 Å². The van der Waals surface area contributed by atoms with Crippen molar-refractivity contribution < 1.29 is 9.59 Å². The van der Waals surface area contributed by atoms with Crippen LogP contribution in [-0.2, 0) is 4.79 Å². The van der Waals surface area contributed by atoms with Crippen molar-refractivity contribution in [3.8, 4) is 0 Å². The van der Waals surface area contributed by atoms with Crippen LogP contribution in [0.5, 0.6) is 0 Å². The van der Waals surface area contributed by atoms with Crippen molar-refractivity contribution in [2.75, 3.05) is 13.1 Å². The smallest absolute Gasteiger partial charge is 0.237 e. The number of carbonyl (C=O) groups excluding carboxylic acids is 2. The minimum atomic E-state index is -0.191. The van der Waals surface area contributed by atoms with Gasteiger partial charge in [0.05, 0.1) is 12.1 Å². The van der Waals surface area contributed by atoms with Crippen molar-refractivity contribution in [3.05, 3.63) is 71.8 Å². The van der Waals surface area contributed by atoms with Crippen LogP contribution in [-0.4, -0.2) is 35.7 Å². The van der Waals surface area contributed by atoms with Crippen molar-refractivity contribution in [2.45, 2.75) is 38.8 Å². The first-order chi connectivity index (χ1) is 13.1. The molecule has 0 saturated carbocycles. The monoisotopic (exact) mass is 364 g/mol. The minimum Gasteiger partial charge on any atom is -0.348 e. The van der Waals surface area contributed by atoms with Crippen LogP contribution in [0.1, 0.15) is 48.7 Å². The molecule has 2 unspecified atom stereocenters. The number of hydrogen-bond donors (Lipinski definition) is 1. The summed E-state index contributed by atoms with van der Waals surface area (Å²) in [5, 5.41) is 3.11. The molecule has 2 aromatic carbocycles.